The topological polar surface area (TPSA) is 58.6 Å². The Morgan fingerprint density at radius 1 is 0.912 bits per heavy atom. The number of rotatable bonds is 10. The zero-order valence-electron chi connectivity index (χ0n) is 20.5. The van der Waals surface area contributed by atoms with Gasteiger partial charge in [0.1, 0.15) is 11.8 Å². The second-order valence-electron chi connectivity index (χ2n) is 8.60. The van der Waals surface area contributed by atoms with E-state index in [4.69, 9.17) is 4.74 Å². The molecule has 34 heavy (non-hydrogen) atoms. The summed E-state index contributed by atoms with van der Waals surface area (Å²) in [5.74, 6) is 0.287. The van der Waals surface area contributed by atoms with Crippen molar-refractivity contribution in [3.63, 3.8) is 0 Å². The average Bonchev–Trinajstić information content (AvgIpc) is 2.83. The summed E-state index contributed by atoms with van der Waals surface area (Å²) in [4.78, 5) is 28.4. The van der Waals surface area contributed by atoms with E-state index in [1.165, 1.54) is 0 Å². The van der Waals surface area contributed by atoms with Crippen molar-refractivity contribution < 1.29 is 14.3 Å². The van der Waals surface area contributed by atoms with Gasteiger partial charge >= 0.3 is 0 Å². The lowest BCUT2D eigenvalue weighted by Gasteiger charge is -2.31. The van der Waals surface area contributed by atoms with Crippen molar-refractivity contribution >= 4 is 11.8 Å². The van der Waals surface area contributed by atoms with Gasteiger partial charge in [-0.3, -0.25) is 9.59 Å². The van der Waals surface area contributed by atoms with Gasteiger partial charge in [0.15, 0.2) is 6.61 Å². The van der Waals surface area contributed by atoms with Gasteiger partial charge in [-0.15, -0.1) is 0 Å². The molecule has 0 heterocycles. The second-order valence-corrected chi connectivity index (χ2v) is 8.60. The highest BCUT2D eigenvalue weighted by Gasteiger charge is 2.30. The van der Waals surface area contributed by atoms with Crippen LogP contribution in [0.5, 0.6) is 5.75 Å². The largest absolute Gasteiger partial charge is 0.483 e. The van der Waals surface area contributed by atoms with Gasteiger partial charge in [0, 0.05) is 19.5 Å². The van der Waals surface area contributed by atoms with Crippen LogP contribution >= 0.6 is 0 Å². The molecule has 0 aliphatic heterocycles. The Bertz CT molecular complexity index is 1110. The van der Waals surface area contributed by atoms with Crippen LogP contribution in [0.4, 0.5) is 0 Å². The summed E-state index contributed by atoms with van der Waals surface area (Å²) in [5, 5.41) is 2.92. The molecule has 3 aromatic carbocycles. The molecule has 3 rings (SSSR count). The lowest BCUT2D eigenvalue weighted by molar-refractivity contribution is -0.142. The molecule has 0 saturated heterocycles. The fraction of sp³-hybridized carbons (Fsp3) is 0.310. The van der Waals surface area contributed by atoms with E-state index >= 15 is 0 Å². The third-order valence-corrected chi connectivity index (χ3v) is 5.96. The maximum Gasteiger partial charge on any atom is 0.261 e. The monoisotopic (exact) mass is 458 g/mol. The van der Waals surface area contributed by atoms with E-state index in [9.17, 15) is 9.59 Å². The summed E-state index contributed by atoms with van der Waals surface area (Å²) in [5.41, 5.74) is 5.18. The van der Waals surface area contributed by atoms with E-state index in [1.54, 1.807) is 4.90 Å². The number of benzene rings is 3. The third-order valence-electron chi connectivity index (χ3n) is 5.96. The van der Waals surface area contributed by atoms with Gasteiger partial charge in [-0.2, -0.15) is 0 Å². The molecule has 1 N–H and O–H groups in total. The molecule has 0 aromatic heterocycles. The molecule has 2 amide bonds. The SMILES string of the molecule is CCNC(=O)[C@H](Cc1ccccc1)N(Cc1cccc(C)c1)C(=O)COc1cccc(C)c1C. The summed E-state index contributed by atoms with van der Waals surface area (Å²) in [6.07, 6.45) is 0.424. The third kappa shape index (κ3) is 6.70. The molecule has 5 heteroatoms. The first-order chi connectivity index (χ1) is 16.4. The maximum atomic E-state index is 13.6. The van der Waals surface area contributed by atoms with Crippen molar-refractivity contribution in [3.05, 3.63) is 101 Å². The van der Waals surface area contributed by atoms with Crippen LogP contribution in [0.15, 0.2) is 72.8 Å². The van der Waals surface area contributed by atoms with Crippen LogP contribution in [0.3, 0.4) is 0 Å². The van der Waals surface area contributed by atoms with Crippen LogP contribution in [-0.4, -0.2) is 35.9 Å². The molecule has 0 radical (unpaired) electrons. The number of hydrogen-bond acceptors (Lipinski definition) is 3. The Morgan fingerprint density at radius 3 is 2.32 bits per heavy atom. The standard InChI is InChI=1S/C29H34N2O3/c1-5-30-29(33)26(18-24-13-7-6-8-14-24)31(19-25-15-9-11-21(2)17-25)28(32)20-34-27-16-10-12-22(3)23(27)4/h6-17,26H,5,18-20H2,1-4H3,(H,30,33)/t26-/m0/s1. The van der Waals surface area contributed by atoms with E-state index in [1.807, 2.05) is 100 Å². The highest BCUT2D eigenvalue weighted by molar-refractivity contribution is 5.88. The number of hydrogen-bond donors (Lipinski definition) is 1. The van der Waals surface area contributed by atoms with Crippen molar-refractivity contribution in [2.45, 2.75) is 46.7 Å². The Balaban J connectivity index is 1.91. The van der Waals surface area contributed by atoms with Crippen LogP contribution in [0.1, 0.15) is 34.7 Å². The Kier molecular flexibility index (Phi) is 8.86. The number of carbonyl (C=O) groups excluding carboxylic acids is 2. The van der Waals surface area contributed by atoms with Crippen LogP contribution < -0.4 is 10.1 Å². The van der Waals surface area contributed by atoms with Crippen molar-refractivity contribution in [2.24, 2.45) is 0 Å². The van der Waals surface area contributed by atoms with Crippen LogP contribution in [0, 0.1) is 20.8 Å². The van der Waals surface area contributed by atoms with Gasteiger partial charge in [0.25, 0.3) is 5.91 Å². The smallest absolute Gasteiger partial charge is 0.261 e. The number of carbonyl (C=O) groups is 2. The molecule has 1 atom stereocenters. The summed E-state index contributed by atoms with van der Waals surface area (Å²) < 4.78 is 5.94. The van der Waals surface area contributed by atoms with Gasteiger partial charge < -0.3 is 15.0 Å². The summed E-state index contributed by atoms with van der Waals surface area (Å²) >= 11 is 0. The molecule has 0 unspecified atom stereocenters. The Hall–Kier alpha value is -3.60. The number of ether oxygens (including phenoxy) is 1. The molecule has 0 aliphatic rings. The molecule has 0 bridgehead atoms. The van der Waals surface area contributed by atoms with Crippen molar-refractivity contribution in [2.75, 3.05) is 13.2 Å². The summed E-state index contributed by atoms with van der Waals surface area (Å²) in [6, 6.07) is 23.0. The van der Waals surface area contributed by atoms with E-state index in [0.717, 1.165) is 27.8 Å². The fourth-order valence-corrected chi connectivity index (χ4v) is 3.96. The van der Waals surface area contributed by atoms with Crippen LogP contribution in [0.25, 0.3) is 0 Å². The van der Waals surface area contributed by atoms with Gasteiger partial charge in [0.05, 0.1) is 0 Å². The number of likely N-dealkylation sites (N-methyl/N-ethyl adjacent to an activating group) is 1. The number of nitrogens with zero attached hydrogens (tertiary/aromatic N) is 1. The first-order valence-electron chi connectivity index (χ1n) is 11.7. The highest BCUT2D eigenvalue weighted by Crippen LogP contribution is 2.21. The Labute approximate surface area is 202 Å². The molecule has 5 nitrogen and oxygen atoms in total. The van der Waals surface area contributed by atoms with E-state index in [2.05, 4.69) is 5.32 Å². The quantitative estimate of drug-likeness (QED) is 0.476. The zero-order valence-corrected chi connectivity index (χ0v) is 20.5. The van der Waals surface area contributed by atoms with Crippen LogP contribution in [0.2, 0.25) is 0 Å². The van der Waals surface area contributed by atoms with Gasteiger partial charge in [-0.1, -0.05) is 72.3 Å². The Morgan fingerprint density at radius 2 is 1.62 bits per heavy atom. The van der Waals surface area contributed by atoms with Crippen molar-refractivity contribution in [1.29, 1.82) is 0 Å². The minimum atomic E-state index is -0.655. The lowest BCUT2D eigenvalue weighted by Crippen LogP contribution is -2.51. The first kappa shape index (κ1) is 25.0. The van der Waals surface area contributed by atoms with E-state index in [0.29, 0.717) is 25.3 Å². The van der Waals surface area contributed by atoms with Gasteiger partial charge in [-0.05, 0) is 56.0 Å². The van der Waals surface area contributed by atoms with Crippen LogP contribution in [-0.2, 0) is 22.6 Å². The minimum Gasteiger partial charge on any atom is -0.483 e. The molecule has 178 valence electrons. The van der Waals surface area contributed by atoms with E-state index in [-0.39, 0.29) is 18.4 Å². The lowest BCUT2D eigenvalue weighted by atomic mass is 10.0. The number of aryl methyl sites for hydroxylation is 2. The molecule has 0 spiro atoms. The molecule has 3 aromatic rings. The number of nitrogens with one attached hydrogen (secondary N) is 1. The predicted molar refractivity (Wildman–Crippen MR) is 136 cm³/mol. The van der Waals surface area contributed by atoms with Crippen molar-refractivity contribution in [1.82, 2.24) is 10.2 Å². The predicted octanol–water partition coefficient (Wildman–Crippen LogP) is 4.77. The normalized spacial score (nSPS) is 11.5. The first-order valence-corrected chi connectivity index (χ1v) is 11.7. The molecule has 0 saturated carbocycles. The van der Waals surface area contributed by atoms with E-state index < -0.39 is 6.04 Å². The minimum absolute atomic E-state index is 0.138. The fourth-order valence-electron chi connectivity index (χ4n) is 3.96. The maximum absolute atomic E-state index is 13.6. The second kappa shape index (κ2) is 12.0. The zero-order chi connectivity index (χ0) is 24.5. The average molecular weight is 459 g/mol. The molecular formula is C29H34N2O3. The van der Waals surface area contributed by atoms with Crippen molar-refractivity contribution in [3.8, 4) is 5.75 Å². The highest BCUT2D eigenvalue weighted by atomic mass is 16.5. The summed E-state index contributed by atoms with van der Waals surface area (Å²) in [6.45, 7) is 8.58. The molecular weight excluding hydrogens is 424 g/mol. The number of amides is 2. The van der Waals surface area contributed by atoms with Gasteiger partial charge in [-0.25, -0.2) is 0 Å². The molecule has 0 fully saturated rings. The van der Waals surface area contributed by atoms with Gasteiger partial charge in [0.2, 0.25) is 5.91 Å². The molecule has 0 aliphatic carbocycles. The summed E-state index contributed by atoms with van der Waals surface area (Å²) in [7, 11) is 0.